The summed E-state index contributed by atoms with van der Waals surface area (Å²) in [5.41, 5.74) is 7.10. The van der Waals surface area contributed by atoms with Crippen LogP contribution in [-0.2, 0) is 0 Å². The largest absolute Gasteiger partial charge is 0.477 e. The minimum absolute atomic E-state index is 0.0424. The smallest absolute Gasteiger partial charge is 0.354 e. The number of pyridine rings is 1. The molecule has 0 aliphatic rings. The predicted molar refractivity (Wildman–Crippen MR) is 74.5 cm³/mol. The fraction of sp³-hybridized carbons (Fsp3) is 0.250. The number of nitrogens with zero attached hydrogens (tertiary/aromatic N) is 2. The number of aromatic nitrogens is 2. The van der Waals surface area contributed by atoms with E-state index in [1.807, 2.05) is 19.2 Å². The van der Waals surface area contributed by atoms with Crippen molar-refractivity contribution in [3.8, 4) is 0 Å². The van der Waals surface area contributed by atoms with E-state index in [2.05, 4.69) is 15.3 Å². The van der Waals surface area contributed by atoms with Gasteiger partial charge in [0.25, 0.3) is 0 Å². The highest BCUT2D eigenvalue weighted by atomic mass is 32.1. The van der Waals surface area contributed by atoms with Crippen molar-refractivity contribution in [2.24, 2.45) is 0 Å². The Kier molecular flexibility index (Phi) is 3.66. The van der Waals surface area contributed by atoms with Gasteiger partial charge < -0.3 is 16.2 Å². The van der Waals surface area contributed by atoms with Crippen molar-refractivity contribution in [3.63, 3.8) is 0 Å². The molecule has 100 valence electrons. The van der Waals surface area contributed by atoms with Gasteiger partial charge in [-0.15, -0.1) is 11.3 Å². The van der Waals surface area contributed by atoms with Crippen molar-refractivity contribution < 1.29 is 9.90 Å². The summed E-state index contributed by atoms with van der Waals surface area (Å²) in [4.78, 5) is 19.2. The van der Waals surface area contributed by atoms with Crippen molar-refractivity contribution in [1.29, 1.82) is 0 Å². The van der Waals surface area contributed by atoms with Crippen molar-refractivity contribution in [1.82, 2.24) is 9.97 Å². The number of carbonyl (C=O) groups is 1. The summed E-state index contributed by atoms with van der Waals surface area (Å²) in [6.45, 7) is 3.84. The van der Waals surface area contributed by atoms with Crippen LogP contribution in [0.4, 0.5) is 11.5 Å². The Balaban J connectivity index is 2.22. The lowest BCUT2D eigenvalue weighted by atomic mass is 10.3. The van der Waals surface area contributed by atoms with E-state index in [9.17, 15) is 4.79 Å². The molecule has 1 atom stereocenters. The van der Waals surface area contributed by atoms with Gasteiger partial charge >= 0.3 is 5.97 Å². The first-order valence-corrected chi connectivity index (χ1v) is 6.53. The molecule has 0 amide bonds. The van der Waals surface area contributed by atoms with Gasteiger partial charge in [-0.1, -0.05) is 0 Å². The zero-order chi connectivity index (χ0) is 14.0. The highest BCUT2D eigenvalue weighted by Crippen LogP contribution is 2.24. The van der Waals surface area contributed by atoms with Gasteiger partial charge in [0.05, 0.1) is 11.7 Å². The second kappa shape index (κ2) is 5.23. The molecular weight excluding hydrogens is 264 g/mol. The molecule has 0 saturated heterocycles. The van der Waals surface area contributed by atoms with E-state index in [-0.39, 0.29) is 11.7 Å². The monoisotopic (exact) mass is 278 g/mol. The van der Waals surface area contributed by atoms with Crippen LogP contribution < -0.4 is 11.1 Å². The molecule has 4 N–H and O–H groups in total. The molecule has 2 heterocycles. The number of rotatable bonds is 4. The number of carboxylic acid groups (broad SMARTS) is 1. The molecule has 0 saturated carbocycles. The Hall–Kier alpha value is -2.15. The van der Waals surface area contributed by atoms with Crippen LogP contribution in [0, 0.1) is 6.92 Å². The normalized spacial score (nSPS) is 12.1. The van der Waals surface area contributed by atoms with E-state index in [1.165, 1.54) is 23.5 Å². The summed E-state index contributed by atoms with van der Waals surface area (Å²) in [7, 11) is 0. The van der Waals surface area contributed by atoms with E-state index in [1.54, 1.807) is 0 Å². The SMILES string of the molecule is Cc1csc(C(C)Nc2nc(C(=O)O)ccc2N)n1. The van der Waals surface area contributed by atoms with Crippen LogP contribution in [0.25, 0.3) is 0 Å². The zero-order valence-electron chi connectivity index (χ0n) is 10.5. The molecule has 19 heavy (non-hydrogen) atoms. The minimum atomic E-state index is -1.08. The van der Waals surface area contributed by atoms with Gasteiger partial charge in [0.15, 0.2) is 11.5 Å². The number of nitrogens with one attached hydrogen (secondary N) is 1. The molecule has 0 fully saturated rings. The first-order valence-electron chi connectivity index (χ1n) is 5.65. The second-order valence-electron chi connectivity index (χ2n) is 4.13. The summed E-state index contributed by atoms with van der Waals surface area (Å²) < 4.78 is 0. The fourth-order valence-corrected chi connectivity index (χ4v) is 2.35. The summed E-state index contributed by atoms with van der Waals surface area (Å²) in [6.07, 6.45) is 0. The molecule has 6 nitrogen and oxygen atoms in total. The maximum atomic E-state index is 10.9. The molecule has 0 bridgehead atoms. The third-order valence-electron chi connectivity index (χ3n) is 2.51. The molecular formula is C12H14N4O2S. The zero-order valence-corrected chi connectivity index (χ0v) is 11.4. The van der Waals surface area contributed by atoms with Gasteiger partial charge in [0.2, 0.25) is 0 Å². The third-order valence-corrected chi connectivity index (χ3v) is 3.65. The number of nitrogens with two attached hydrogens (primary N) is 1. The van der Waals surface area contributed by atoms with Gasteiger partial charge in [-0.05, 0) is 26.0 Å². The average molecular weight is 278 g/mol. The van der Waals surface area contributed by atoms with Crippen LogP contribution in [0.15, 0.2) is 17.5 Å². The molecule has 1 unspecified atom stereocenters. The summed E-state index contributed by atoms with van der Waals surface area (Å²) in [5.74, 6) is -0.721. The Morgan fingerprint density at radius 3 is 2.79 bits per heavy atom. The third kappa shape index (κ3) is 3.00. The number of aromatic carboxylic acids is 1. The number of thiazole rings is 1. The second-order valence-corrected chi connectivity index (χ2v) is 5.02. The predicted octanol–water partition coefficient (Wildman–Crippen LogP) is 2.30. The molecule has 2 aromatic rings. The molecule has 0 spiro atoms. The Labute approximate surface area is 114 Å². The standard InChI is InChI=1S/C12H14N4O2S/c1-6-5-19-11(14-6)7(2)15-10-8(13)3-4-9(16-10)12(17)18/h3-5,7H,13H2,1-2H3,(H,15,16)(H,17,18). The topological polar surface area (TPSA) is 101 Å². The Morgan fingerprint density at radius 2 is 2.21 bits per heavy atom. The molecule has 0 aromatic carbocycles. The van der Waals surface area contributed by atoms with Crippen molar-refractivity contribution in [3.05, 3.63) is 33.9 Å². The van der Waals surface area contributed by atoms with E-state index >= 15 is 0 Å². The molecule has 7 heteroatoms. The van der Waals surface area contributed by atoms with Crippen LogP contribution in [0.5, 0.6) is 0 Å². The van der Waals surface area contributed by atoms with Gasteiger partial charge in [-0.2, -0.15) is 0 Å². The maximum absolute atomic E-state index is 10.9. The molecule has 0 aliphatic carbocycles. The number of hydrogen-bond acceptors (Lipinski definition) is 6. The molecule has 0 radical (unpaired) electrons. The lowest BCUT2D eigenvalue weighted by Gasteiger charge is -2.14. The highest BCUT2D eigenvalue weighted by Gasteiger charge is 2.13. The number of aryl methyl sites for hydroxylation is 1. The number of anilines is 2. The lowest BCUT2D eigenvalue weighted by Crippen LogP contribution is -2.12. The van der Waals surface area contributed by atoms with Crippen LogP contribution in [0.2, 0.25) is 0 Å². The number of carboxylic acids is 1. The van der Waals surface area contributed by atoms with Gasteiger partial charge in [0, 0.05) is 11.1 Å². The first-order chi connectivity index (χ1) is 8.97. The first kappa shape index (κ1) is 13.3. The van der Waals surface area contributed by atoms with Crippen LogP contribution >= 0.6 is 11.3 Å². The summed E-state index contributed by atoms with van der Waals surface area (Å²) in [6, 6.07) is 2.82. The minimum Gasteiger partial charge on any atom is -0.477 e. The maximum Gasteiger partial charge on any atom is 0.354 e. The average Bonchev–Trinajstić information content (AvgIpc) is 2.78. The molecule has 0 aliphatic heterocycles. The number of hydrogen-bond donors (Lipinski definition) is 3. The van der Waals surface area contributed by atoms with E-state index < -0.39 is 5.97 Å². The highest BCUT2D eigenvalue weighted by molar-refractivity contribution is 7.09. The lowest BCUT2D eigenvalue weighted by molar-refractivity contribution is 0.0690. The summed E-state index contributed by atoms with van der Waals surface area (Å²) >= 11 is 1.53. The van der Waals surface area contributed by atoms with E-state index in [0.29, 0.717) is 11.5 Å². The van der Waals surface area contributed by atoms with Crippen LogP contribution in [0.3, 0.4) is 0 Å². The van der Waals surface area contributed by atoms with E-state index in [0.717, 1.165) is 10.7 Å². The number of nitrogen functional groups attached to an aromatic ring is 1. The van der Waals surface area contributed by atoms with Gasteiger partial charge in [-0.25, -0.2) is 14.8 Å². The Bertz CT molecular complexity index is 612. The quantitative estimate of drug-likeness (QED) is 0.793. The van der Waals surface area contributed by atoms with Crippen molar-refractivity contribution >= 4 is 28.8 Å². The van der Waals surface area contributed by atoms with Crippen molar-refractivity contribution in [2.45, 2.75) is 19.9 Å². The molecule has 2 rings (SSSR count). The molecule has 2 aromatic heterocycles. The van der Waals surface area contributed by atoms with Crippen molar-refractivity contribution in [2.75, 3.05) is 11.1 Å². The summed E-state index contributed by atoms with van der Waals surface area (Å²) in [5, 5.41) is 14.9. The fourth-order valence-electron chi connectivity index (χ4n) is 1.54. The van der Waals surface area contributed by atoms with Gasteiger partial charge in [0.1, 0.15) is 5.01 Å². The van der Waals surface area contributed by atoms with Crippen LogP contribution in [-0.4, -0.2) is 21.0 Å². The van der Waals surface area contributed by atoms with Crippen LogP contribution in [0.1, 0.15) is 34.2 Å². The van der Waals surface area contributed by atoms with E-state index in [4.69, 9.17) is 10.8 Å². The van der Waals surface area contributed by atoms with Gasteiger partial charge in [-0.3, -0.25) is 0 Å². The Morgan fingerprint density at radius 1 is 1.47 bits per heavy atom.